The van der Waals surface area contributed by atoms with Crippen LogP contribution in [0.5, 0.6) is 0 Å². The zero-order chi connectivity index (χ0) is 18.5. The van der Waals surface area contributed by atoms with Crippen LogP contribution in [0, 0.1) is 0 Å². The average molecular weight is 366 g/mol. The van der Waals surface area contributed by atoms with E-state index in [-0.39, 0.29) is 6.42 Å². The largest absolute Gasteiger partial charge is 0.459 e. The lowest BCUT2D eigenvalue weighted by Gasteiger charge is -2.33. The topological polar surface area (TPSA) is 9.23 Å². The van der Waals surface area contributed by atoms with Crippen LogP contribution in [0.1, 0.15) is 39.0 Å². The summed E-state index contributed by atoms with van der Waals surface area (Å²) in [6.45, 7) is 0.895. The first-order valence-electron chi connectivity index (χ1n) is 6.70. The predicted molar refractivity (Wildman–Crippen MR) is 60.5 cm³/mol. The van der Waals surface area contributed by atoms with Gasteiger partial charge in [0.15, 0.2) is 0 Å². The average Bonchev–Trinajstić information content (AvgIpc) is 2.40. The number of hydrogen-bond donors (Lipinski definition) is 0. The summed E-state index contributed by atoms with van der Waals surface area (Å²) in [4.78, 5) is 0. The molecule has 0 aromatic carbocycles. The fourth-order valence-electron chi connectivity index (χ4n) is 1.55. The molecule has 0 radical (unpaired) electrons. The van der Waals surface area contributed by atoms with E-state index in [1.165, 1.54) is 0 Å². The first-order valence-corrected chi connectivity index (χ1v) is 6.70. The summed E-state index contributed by atoms with van der Waals surface area (Å²) in [5, 5.41) is 0. The van der Waals surface area contributed by atoms with Crippen LogP contribution in [0.15, 0.2) is 0 Å². The fraction of sp³-hybridized carbons (Fsp3) is 1.00. The highest BCUT2D eigenvalue weighted by molar-refractivity contribution is 4.98. The molecule has 1 atom stereocenters. The monoisotopic (exact) mass is 366 g/mol. The molecule has 0 aliphatic rings. The first kappa shape index (κ1) is 22.3. The third-order valence-electron chi connectivity index (χ3n) is 2.93. The second-order valence-electron chi connectivity index (χ2n) is 4.88. The molecule has 0 N–H and O–H groups in total. The van der Waals surface area contributed by atoms with Crippen LogP contribution in [-0.4, -0.2) is 36.9 Å². The van der Waals surface area contributed by atoms with Gasteiger partial charge >= 0.3 is 24.1 Å². The Labute approximate surface area is 126 Å². The maximum atomic E-state index is 13.0. The summed E-state index contributed by atoms with van der Waals surface area (Å²) < 4.78 is 129. The maximum absolute atomic E-state index is 13.0. The van der Waals surface area contributed by atoms with Crippen LogP contribution < -0.4 is 0 Å². The minimum Gasteiger partial charge on any atom is -0.318 e. The summed E-state index contributed by atoms with van der Waals surface area (Å²) >= 11 is 0. The minimum absolute atomic E-state index is 0.108. The first-order chi connectivity index (χ1) is 10.2. The van der Waals surface area contributed by atoms with Crippen molar-refractivity contribution >= 4 is 0 Å². The second-order valence-corrected chi connectivity index (χ2v) is 4.88. The van der Waals surface area contributed by atoms with Gasteiger partial charge in [0.1, 0.15) is 0 Å². The van der Waals surface area contributed by atoms with E-state index in [1.807, 2.05) is 6.92 Å². The lowest BCUT2D eigenvalue weighted by molar-refractivity contribution is -0.398. The van der Waals surface area contributed by atoms with E-state index in [0.29, 0.717) is 12.8 Å². The molecule has 23 heavy (non-hydrogen) atoms. The second kappa shape index (κ2) is 7.89. The van der Waals surface area contributed by atoms with Crippen molar-refractivity contribution in [2.75, 3.05) is 6.61 Å². The van der Waals surface area contributed by atoms with E-state index in [2.05, 4.69) is 4.74 Å². The number of ether oxygens (including phenoxy) is 1. The van der Waals surface area contributed by atoms with Crippen LogP contribution in [0.4, 0.5) is 43.9 Å². The normalized spacial score (nSPS) is 15.8. The van der Waals surface area contributed by atoms with Crippen molar-refractivity contribution in [2.45, 2.75) is 69.3 Å². The van der Waals surface area contributed by atoms with Gasteiger partial charge in [0.25, 0.3) is 6.17 Å². The van der Waals surface area contributed by atoms with Crippen LogP contribution >= 0.6 is 0 Å². The smallest absolute Gasteiger partial charge is 0.318 e. The SMILES string of the molecule is CCCCCCCOC(F)(F)C(F)C(F)(F)C(F)(F)C(F)(F)F. The van der Waals surface area contributed by atoms with E-state index in [0.717, 1.165) is 12.8 Å². The predicted octanol–water partition coefficient (Wildman–Crippen LogP) is 5.74. The van der Waals surface area contributed by atoms with Gasteiger partial charge in [-0.2, -0.15) is 39.5 Å². The van der Waals surface area contributed by atoms with Gasteiger partial charge in [-0.25, -0.2) is 4.39 Å². The van der Waals surface area contributed by atoms with Crippen molar-refractivity contribution in [2.24, 2.45) is 0 Å². The summed E-state index contributed by atoms with van der Waals surface area (Å²) in [6, 6.07) is 0. The Morgan fingerprint density at radius 3 is 1.70 bits per heavy atom. The number of hydrogen-bond acceptors (Lipinski definition) is 1. The maximum Gasteiger partial charge on any atom is 0.459 e. The van der Waals surface area contributed by atoms with Gasteiger partial charge in [0.2, 0.25) is 0 Å². The molecular weight excluding hydrogens is 350 g/mol. The Kier molecular flexibility index (Phi) is 7.63. The molecule has 0 amide bonds. The van der Waals surface area contributed by atoms with Crippen molar-refractivity contribution in [1.29, 1.82) is 0 Å². The fourth-order valence-corrected chi connectivity index (χ4v) is 1.55. The van der Waals surface area contributed by atoms with Gasteiger partial charge in [0, 0.05) is 0 Å². The highest BCUT2D eigenvalue weighted by Crippen LogP contribution is 2.51. The minimum atomic E-state index is -6.96. The molecule has 0 fully saturated rings. The van der Waals surface area contributed by atoms with Gasteiger partial charge in [-0.15, -0.1) is 0 Å². The van der Waals surface area contributed by atoms with Gasteiger partial charge in [0.05, 0.1) is 6.61 Å². The third-order valence-corrected chi connectivity index (χ3v) is 2.93. The molecule has 0 aliphatic heterocycles. The molecule has 0 saturated heterocycles. The van der Waals surface area contributed by atoms with Crippen molar-refractivity contribution in [3.05, 3.63) is 0 Å². The number of alkyl halides is 10. The number of halogens is 10. The van der Waals surface area contributed by atoms with Gasteiger partial charge in [-0.3, -0.25) is 0 Å². The molecule has 0 aromatic rings. The van der Waals surface area contributed by atoms with Gasteiger partial charge < -0.3 is 4.74 Å². The Hall–Kier alpha value is -0.740. The summed E-state index contributed by atoms with van der Waals surface area (Å²) in [7, 11) is 0. The zero-order valence-corrected chi connectivity index (χ0v) is 12.0. The van der Waals surface area contributed by atoms with E-state index < -0.39 is 36.9 Å². The van der Waals surface area contributed by atoms with E-state index in [9.17, 15) is 43.9 Å². The molecule has 0 spiro atoms. The molecule has 0 aromatic heterocycles. The van der Waals surface area contributed by atoms with Crippen molar-refractivity contribution in [3.8, 4) is 0 Å². The lowest BCUT2D eigenvalue weighted by atomic mass is 10.1. The molecule has 11 heteroatoms. The van der Waals surface area contributed by atoms with E-state index >= 15 is 0 Å². The summed E-state index contributed by atoms with van der Waals surface area (Å²) in [5.41, 5.74) is 0. The van der Waals surface area contributed by atoms with Crippen molar-refractivity contribution < 1.29 is 48.6 Å². The molecule has 1 unspecified atom stereocenters. The van der Waals surface area contributed by atoms with E-state index in [4.69, 9.17) is 0 Å². The zero-order valence-electron chi connectivity index (χ0n) is 12.0. The van der Waals surface area contributed by atoms with E-state index in [1.54, 1.807) is 0 Å². The quantitative estimate of drug-likeness (QED) is 0.354. The molecule has 140 valence electrons. The molecular formula is C12H16F10O. The lowest BCUT2D eigenvalue weighted by Crippen LogP contribution is -2.61. The Bertz CT molecular complexity index is 352. The molecule has 0 heterocycles. The number of rotatable bonds is 10. The molecule has 1 nitrogen and oxygen atoms in total. The summed E-state index contributed by atoms with van der Waals surface area (Å²) in [6.07, 6.45) is -15.2. The van der Waals surface area contributed by atoms with Crippen molar-refractivity contribution in [3.63, 3.8) is 0 Å². The van der Waals surface area contributed by atoms with Crippen LogP contribution in [0.2, 0.25) is 0 Å². The summed E-state index contributed by atoms with van der Waals surface area (Å²) in [5.74, 6) is -13.6. The molecule has 0 bridgehead atoms. The molecule has 0 aliphatic carbocycles. The molecule has 0 saturated carbocycles. The Morgan fingerprint density at radius 1 is 0.783 bits per heavy atom. The van der Waals surface area contributed by atoms with Gasteiger partial charge in [-0.05, 0) is 6.42 Å². The standard InChI is InChI=1S/C12H16F10O/c1-2-3-4-5-6-7-23-10(16,17)8(13)9(14,15)11(18,19)12(20,21)22/h8H,2-7H2,1H3. The highest BCUT2D eigenvalue weighted by atomic mass is 19.4. The van der Waals surface area contributed by atoms with Crippen LogP contribution in [0.3, 0.4) is 0 Å². The third kappa shape index (κ3) is 5.39. The molecule has 0 rings (SSSR count). The number of unbranched alkanes of at least 4 members (excludes halogenated alkanes) is 4. The Balaban J connectivity index is 4.80. The highest BCUT2D eigenvalue weighted by Gasteiger charge is 2.79. The Morgan fingerprint density at radius 2 is 1.26 bits per heavy atom. The van der Waals surface area contributed by atoms with Crippen molar-refractivity contribution in [1.82, 2.24) is 0 Å². The van der Waals surface area contributed by atoms with Gasteiger partial charge in [-0.1, -0.05) is 32.6 Å². The van der Waals surface area contributed by atoms with Crippen LogP contribution in [0.25, 0.3) is 0 Å². The van der Waals surface area contributed by atoms with Crippen LogP contribution in [-0.2, 0) is 4.74 Å².